The highest BCUT2D eigenvalue weighted by Gasteiger charge is 2.29. The normalized spacial score (nSPS) is 17.1. The van der Waals surface area contributed by atoms with Crippen molar-refractivity contribution in [2.75, 3.05) is 57.8 Å². The molecule has 0 bridgehead atoms. The fourth-order valence-electron chi connectivity index (χ4n) is 5.83. The Morgan fingerprint density at radius 2 is 1.79 bits per heavy atom. The van der Waals surface area contributed by atoms with Gasteiger partial charge in [-0.3, -0.25) is 4.79 Å². The number of fused-ring (bicyclic) bond motifs is 1. The van der Waals surface area contributed by atoms with E-state index in [1.54, 1.807) is 38.4 Å². The van der Waals surface area contributed by atoms with Crippen LogP contribution in [0.4, 0.5) is 17.6 Å². The van der Waals surface area contributed by atoms with Crippen molar-refractivity contribution in [2.24, 2.45) is 0 Å². The zero-order valence-corrected chi connectivity index (χ0v) is 24.1. The van der Waals surface area contributed by atoms with Crippen molar-refractivity contribution in [2.45, 2.75) is 38.1 Å². The lowest BCUT2D eigenvalue weighted by atomic mass is 10.1. The summed E-state index contributed by atoms with van der Waals surface area (Å²) in [6.45, 7) is 2.27. The summed E-state index contributed by atoms with van der Waals surface area (Å²) >= 11 is 0. The number of carbonyl (C=O) groups excluding carboxylic acids is 1. The van der Waals surface area contributed by atoms with Crippen molar-refractivity contribution >= 4 is 29.0 Å². The first-order valence-corrected chi connectivity index (χ1v) is 14.2. The third-order valence-corrected chi connectivity index (χ3v) is 7.98. The van der Waals surface area contributed by atoms with Gasteiger partial charge in [-0.2, -0.15) is 4.98 Å². The number of aromatic nitrogens is 5. The summed E-state index contributed by atoms with van der Waals surface area (Å²) in [5, 5.41) is 18.0. The summed E-state index contributed by atoms with van der Waals surface area (Å²) in [6, 6.07) is 7.31. The second-order valence-corrected chi connectivity index (χ2v) is 10.5. The van der Waals surface area contributed by atoms with Crippen molar-refractivity contribution in [3.05, 3.63) is 42.5 Å². The SMILES string of the molecule is COc1cc(-n2cnc(Nc3nc(N4CCCC4CO)c4ccc(C(=O)N5CCCCC5)n4n3)c2)cc(OC)c1OC. The highest BCUT2D eigenvalue weighted by molar-refractivity contribution is 5.95. The molecule has 3 aromatic heterocycles. The van der Waals surface area contributed by atoms with Crippen molar-refractivity contribution in [3.8, 4) is 22.9 Å². The standard InChI is InChI=1S/C29H36N8O5/c1-40-23-14-20(15-24(41-2)26(23)42-3)35-16-25(30-18-35)31-29-32-27(36-13-7-8-19(36)17-38)21-9-10-22(37(21)33-29)28(39)34-11-5-4-6-12-34/h9-10,14-16,18-19,38H,4-8,11-13,17H2,1-3H3,(H,31,33). The lowest BCUT2D eigenvalue weighted by molar-refractivity contribution is 0.0716. The number of methoxy groups -OCH3 is 3. The number of ether oxygens (including phenoxy) is 3. The maximum atomic E-state index is 13.5. The molecule has 0 spiro atoms. The summed E-state index contributed by atoms with van der Waals surface area (Å²) in [7, 11) is 4.70. The Bertz CT molecular complexity index is 1550. The largest absolute Gasteiger partial charge is 0.493 e. The number of rotatable bonds is 9. The summed E-state index contributed by atoms with van der Waals surface area (Å²) in [5.74, 6) is 2.97. The first kappa shape index (κ1) is 27.6. The van der Waals surface area contributed by atoms with Gasteiger partial charge in [0.15, 0.2) is 23.1 Å². The van der Waals surface area contributed by atoms with E-state index in [0.29, 0.717) is 40.5 Å². The molecule has 1 amide bonds. The number of imidazole rings is 1. The molecule has 0 aliphatic carbocycles. The van der Waals surface area contributed by atoms with E-state index < -0.39 is 0 Å². The molecule has 6 rings (SSSR count). The molecule has 0 radical (unpaired) electrons. The maximum absolute atomic E-state index is 13.5. The van der Waals surface area contributed by atoms with Crippen molar-refractivity contribution in [1.82, 2.24) is 29.0 Å². The topological polar surface area (TPSA) is 132 Å². The first-order chi connectivity index (χ1) is 20.5. The number of aliphatic hydroxyl groups excluding tert-OH is 1. The number of piperidine rings is 1. The molecular weight excluding hydrogens is 540 g/mol. The van der Waals surface area contributed by atoms with Crippen LogP contribution < -0.4 is 24.4 Å². The second kappa shape index (κ2) is 11.8. The molecule has 1 aromatic carbocycles. The number of hydrogen-bond donors (Lipinski definition) is 2. The van der Waals surface area contributed by atoms with Crippen LogP contribution in [0.5, 0.6) is 17.2 Å². The van der Waals surface area contributed by atoms with Gasteiger partial charge in [0, 0.05) is 31.8 Å². The van der Waals surface area contributed by atoms with Crippen molar-refractivity contribution in [1.29, 1.82) is 0 Å². The molecule has 222 valence electrons. The highest BCUT2D eigenvalue weighted by atomic mass is 16.5. The van der Waals surface area contributed by atoms with Crippen LogP contribution in [0.2, 0.25) is 0 Å². The van der Waals surface area contributed by atoms with Gasteiger partial charge < -0.3 is 39.0 Å². The van der Waals surface area contributed by atoms with Gasteiger partial charge in [0.2, 0.25) is 11.7 Å². The third-order valence-electron chi connectivity index (χ3n) is 7.98. The van der Waals surface area contributed by atoms with Crippen LogP contribution in [0.15, 0.2) is 36.8 Å². The Labute approximate surface area is 243 Å². The Kier molecular flexibility index (Phi) is 7.74. The van der Waals surface area contributed by atoms with E-state index >= 15 is 0 Å². The second-order valence-electron chi connectivity index (χ2n) is 10.5. The summed E-state index contributed by atoms with van der Waals surface area (Å²) in [6.07, 6.45) is 8.42. The number of hydrogen-bond acceptors (Lipinski definition) is 10. The lowest BCUT2D eigenvalue weighted by Gasteiger charge is -2.27. The number of anilines is 3. The molecule has 1 unspecified atom stereocenters. The van der Waals surface area contributed by atoms with E-state index in [4.69, 9.17) is 24.3 Å². The molecule has 2 fully saturated rings. The quantitative estimate of drug-likeness (QED) is 0.306. The fraction of sp³-hybridized carbons (Fsp3) is 0.448. The number of aliphatic hydroxyl groups is 1. The van der Waals surface area contributed by atoms with Gasteiger partial charge in [-0.15, -0.1) is 5.10 Å². The van der Waals surface area contributed by atoms with Crippen LogP contribution in [-0.2, 0) is 0 Å². The molecule has 2 saturated heterocycles. The van der Waals surface area contributed by atoms with Gasteiger partial charge in [-0.25, -0.2) is 9.50 Å². The Balaban J connectivity index is 1.37. The van der Waals surface area contributed by atoms with Gasteiger partial charge in [-0.05, 0) is 44.2 Å². The smallest absolute Gasteiger partial charge is 0.272 e. The fourth-order valence-corrected chi connectivity index (χ4v) is 5.83. The van der Waals surface area contributed by atoms with Gasteiger partial charge in [0.1, 0.15) is 17.5 Å². The van der Waals surface area contributed by atoms with E-state index in [0.717, 1.165) is 62.9 Å². The Morgan fingerprint density at radius 1 is 1.02 bits per heavy atom. The van der Waals surface area contributed by atoms with Crippen LogP contribution in [-0.4, -0.2) is 93.7 Å². The number of nitrogens with one attached hydrogen (secondary N) is 1. The number of carbonyl (C=O) groups is 1. The molecule has 0 saturated carbocycles. The minimum absolute atomic E-state index is 0.0262. The predicted octanol–water partition coefficient (Wildman–Crippen LogP) is 3.27. The molecule has 2 N–H and O–H groups in total. The van der Waals surface area contributed by atoms with E-state index in [2.05, 4.69) is 15.2 Å². The van der Waals surface area contributed by atoms with Crippen LogP contribution in [0.1, 0.15) is 42.6 Å². The maximum Gasteiger partial charge on any atom is 0.272 e. The summed E-state index contributed by atoms with van der Waals surface area (Å²) < 4.78 is 19.9. The minimum Gasteiger partial charge on any atom is -0.493 e. The van der Waals surface area contributed by atoms with Gasteiger partial charge >= 0.3 is 0 Å². The molecule has 2 aliphatic rings. The molecule has 1 atom stereocenters. The van der Waals surface area contributed by atoms with Gasteiger partial charge in [-0.1, -0.05) is 0 Å². The first-order valence-electron chi connectivity index (χ1n) is 14.2. The minimum atomic E-state index is -0.0491. The van der Waals surface area contributed by atoms with Crippen LogP contribution in [0.3, 0.4) is 0 Å². The summed E-state index contributed by atoms with van der Waals surface area (Å²) in [4.78, 5) is 26.9. The summed E-state index contributed by atoms with van der Waals surface area (Å²) in [5.41, 5.74) is 1.97. The lowest BCUT2D eigenvalue weighted by Crippen LogP contribution is -2.36. The number of amides is 1. The van der Waals surface area contributed by atoms with Crippen molar-refractivity contribution < 1.29 is 24.1 Å². The zero-order chi connectivity index (χ0) is 29.2. The van der Waals surface area contributed by atoms with E-state index in [1.807, 2.05) is 33.7 Å². The number of likely N-dealkylation sites (tertiary alicyclic amines) is 1. The molecule has 2 aliphatic heterocycles. The molecule has 5 heterocycles. The molecule has 13 heteroatoms. The average Bonchev–Trinajstić information content (AvgIpc) is 3.80. The van der Waals surface area contributed by atoms with Crippen LogP contribution >= 0.6 is 0 Å². The van der Waals surface area contributed by atoms with Gasteiger partial charge in [0.25, 0.3) is 5.91 Å². The molecule has 13 nitrogen and oxygen atoms in total. The predicted molar refractivity (Wildman–Crippen MR) is 157 cm³/mol. The van der Waals surface area contributed by atoms with E-state index in [-0.39, 0.29) is 18.6 Å². The Morgan fingerprint density at radius 3 is 2.48 bits per heavy atom. The third kappa shape index (κ3) is 5.04. The molecule has 4 aromatic rings. The van der Waals surface area contributed by atoms with Crippen LogP contribution in [0, 0.1) is 0 Å². The average molecular weight is 577 g/mol. The molecular formula is C29H36N8O5. The zero-order valence-electron chi connectivity index (χ0n) is 24.1. The number of nitrogens with zero attached hydrogens (tertiary/aromatic N) is 7. The monoisotopic (exact) mass is 576 g/mol. The van der Waals surface area contributed by atoms with Gasteiger partial charge in [0.05, 0.1) is 45.9 Å². The highest BCUT2D eigenvalue weighted by Crippen LogP contribution is 2.39. The van der Waals surface area contributed by atoms with E-state index in [9.17, 15) is 9.90 Å². The number of benzene rings is 1. The van der Waals surface area contributed by atoms with E-state index in [1.165, 1.54) is 0 Å². The van der Waals surface area contributed by atoms with Crippen molar-refractivity contribution in [3.63, 3.8) is 0 Å². The molecule has 42 heavy (non-hydrogen) atoms. The van der Waals surface area contributed by atoms with Crippen LogP contribution in [0.25, 0.3) is 11.2 Å². The Hall–Kier alpha value is -4.52.